The molecule has 3 rings (SSSR count). The number of benzene rings is 1. The molecule has 8 heteroatoms. The second-order valence-electron chi connectivity index (χ2n) is 6.18. The van der Waals surface area contributed by atoms with E-state index in [0.717, 1.165) is 25.1 Å². The van der Waals surface area contributed by atoms with E-state index in [1.165, 1.54) is 11.2 Å². The molecule has 2 atom stereocenters. The third-order valence-electron chi connectivity index (χ3n) is 4.54. The molecule has 2 aliphatic rings. The summed E-state index contributed by atoms with van der Waals surface area (Å²) < 4.78 is 60.6. The summed E-state index contributed by atoms with van der Waals surface area (Å²) in [4.78, 5) is 1.42. The van der Waals surface area contributed by atoms with Gasteiger partial charge in [-0.3, -0.25) is 0 Å². The lowest BCUT2D eigenvalue weighted by Crippen LogP contribution is -2.60. The Kier molecular flexibility index (Phi) is 4.43. The Balaban J connectivity index is 2.00. The van der Waals surface area contributed by atoms with Crippen molar-refractivity contribution in [2.75, 3.05) is 33.3 Å². The third-order valence-corrected chi connectivity index (χ3v) is 6.48. The molecule has 1 aromatic carbocycles. The maximum Gasteiger partial charge on any atom is 0.246 e. The molecule has 0 saturated carbocycles. The maximum atomic E-state index is 14.2. The van der Waals surface area contributed by atoms with E-state index in [-0.39, 0.29) is 30.9 Å². The first-order valence-electron chi connectivity index (χ1n) is 7.58. The van der Waals surface area contributed by atoms with Crippen molar-refractivity contribution in [2.45, 2.75) is 30.4 Å². The molecule has 0 N–H and O–H groups in total. The molecule has 1 aromatic rings. The monoisotopic (exact) mass is 346 g/mol. The van der Waals surface area contributed by atoms with E-state index in [1.807, 2.05) is 11.9 Å². The normalized spacial score (nSPS) is 27.0. The minimum Gasteiger partial charge on any atom is -0.375 e. The second-order valence-corrected chi connectivity index (χ2v) is 8.03. The molecular formula is C15H20F2N2O3S. The van der Waals surface area contributed by atoms with Crippen molar-refractivity contribution in [3.8, 4) is 0 Å². The smallest absolute Gasteiger partial charge is 0.246 e. The van der Waals surface area contributed by atoms with Gasteiger partial charge in [-0.25, -0.2) is 17.2 Å². The number of sulfonamides is 1. The molecule has 0 bridgehead atoms. The highest BCUT2D eigenvalue weighted by Crippen LogP contribution is 2.30. The number of hydrogen-bond acceptors (Lipinski definition) is 4. The molecule has 2 fully saturated rings. The van der Waals surface area contributed by atoms with Gasteiger partial charge in [0, 0.05) is 19.6 Å². The quantitative estimate of drug-likeness (QED) is 0.812. The molecule has 2 saturated heterocycles. The molecule has 0 aliphatic carbocycles. The van der Waals surface area contributed by atoms with Crippen LogP contribution in [0.3, 0.4) is 0 Å². The standard InChI is InChI=1S/C15H20F2N2O3S/c1-10-7-12(17)15(8-11(10)16)23(20,21)19-5-6-22-14-3-4-18(2)9-13(14)19/h7-8,13-14H,3-6,9H2,1-2H3. The number of fused-ring (bicyclic) bond motifs is 1. The fourth-order valence-corrected chi connectivity index (χ4v) is 4.93. The number of halogens is 2. The van der Waals surface area contributed by atoms with Gasteiger partial charge < -0.3 is 9.64 Å². The summed E-state index contributed by atoms with van der Waals surface area (Å²) in [6, 6.07) is 1.32. The number of ether oxygens (including phenoxy) is 1. The lowest BCUT2D eigenvalue weighted by atomic mass is 10.0. The zero-order valence-electron chi connectivity index (χ0n) is 13.1. The Bertz CT molecular complexity index is 711. The van der Waals surface area contributed by atoms with Crippen molar-refractivity contribution in [3.05, 3.63) is 29.3 Å². The van der Waals surface area contributed by atoms with E-state index in [1.54, 1.807) is 0 Å². The van der Waals surface area contributed by atoms with Crippen LogP contribution < -0.4 is 0 Å². The molecular weight excluding hydrogens is 326 g/mol. The first-order chi connectivity index (χ1) is 10.8. The summed E-state index contributed by atoms with van der Waals surface area (Å²) in [5.41, 5.74) is 0.0821. The second kappa shape index (κ2) is 6.08. The predicted octanol–water partition coefficient (Wildman–Crippen LogP) is 1.37. The largest absolute Gasteiger partial charge is 0.375 e. The number of likely N-dealkylation sites (N-methyl/N-ethyl adjacent to an activating group) is 1. The molecule has 0 amide bonds. The number of piperidine rings is 1. The lowest BCUT2D eigenvalue weighted by Gasteiger charge is -2.45. The van der Waals surface area contributed by atoms with E-state index in [4.69, 9.17) is 4.74 Å². The van der Waals surface area contributed by atoms with Gasteiger partial charge in [-0.05, 0) is 38.1 Å². The summed E-state index contributed by atoms with van der Waals surface area (Å²) in [7, 11) is -2.21. The lowest BCUT2D eigenvalue weighted by molar-refractivity contribution is -0.0720. The minimum atomic E-state index is -4.11. The van der Waals surface area contributed by atoms with Crippen LogP contribution in [0.1, 0.15) is 12.0 Å². The van der Waals surface area contributed by atoms with E-state index >= 15 is 0 Å². The van der Waals surface area contributed by atoms with Gasteiger partial charge in [0.05, 0.1) is 18.8 Å². The molecule has 0 aromatic heterocycles. The van der Waals surface area contributed by atoms with Crippen LogP contribution in [0, 0.1) is 18.6 Å². The highest BCUT2D eigenvalue weighted by Gasteiger charge is 2.43. The van der Waals surface area contributed by atoms with Crippen LogP contribution in [-0.4, -0.2) is 63.1 Å². The summed E-state index contributed by atoms with van der Waals surface area (Å²) in [6.07, 6.45) is 0.519. The third kappa shape index (κ3) is 3.00. The van der Waals surface area contributed by atoms with E-state index in [0.29, 0.717) is 6.54 Å². The Hall–Kier alpha value is -1.09. The van der Waals surface area contributed by atoms with Crippen LogP contribution in [0.15, 0.2) is 17.0 Å². The van der Waals surface area contributed by atoms with Gasteiger partial charge in [-0.1, -0.05) is 0 Å². The van der Waals surface area contributed by atoms with Crippen molar-refractivity contribution in [2.24, 2.45) is 0 Å². The molecule has 2 aliphatic heterocycles. The van der Waals surface area contributed by atoms with Crippen molar-refractivity contribution in [3.63, 3.8) is 0 Å². The average Bonchev–Trinajstić information content (AvgIpc) is 2.50. The van der Waals surface area contributed by atoms with Gasteiger partial charge >= 0.3 is 0 Å². The Morgan fingerprint density at radius 1 is 1.22 bits per heavy atom. The fourth-order valence-electron chi connectivity index (χ4n) is 3.25. The minimum absolute atomic E-state index is 0.0821. The Morgan fingerprint density at radius 3 is 2.70 bits per heavy atom. The van der Waals surface area contributed by atoms with Crippen molar-refractivity contribution in [1.29, 1.82) is 0 Å². The number of aryl methyl sites for hydroxylation is 1. The van der Waals surface area contributed by atoms with Crippen LogP contribution in [0.5, 0.6) is 0 Å². The number of likely N-dealkylation sites (tertiary alicyclic amines) is 1. The molecule has 2 unspecified atom stereocenters. The van der Waals surface area contributed by atoms with E-state index in [2.05, 4.69) is 0 Å². The van der Waals surface area contributed by atoms with Crippen LogP contribution in [0.4, 0.5) is 8.78 Å². The van der Waals surface area contributed by atoms with Gasteiger partial charge in [-0.2, -0.15) is 4.31 Å². The summed E-state index contributed by atoms with van der Waals surface area (Å²) in [6.45, 7) is 3.14. The first kappa shape index (κ1) is 16.8. The topological polar surface area (TPSA) is 49.9 Å². The molecule has 0 radical (unpaired) electrons. The summed E-state index contributed by atoms with van der Waals surface area (Å²) in [5, 5.41) is 0. The molecule has 2 heterocycles. The number of nitrogens with zero attached hydrogens (tertiary/aromatic N) is 2. The van der Waals surface area contributed by atoms with Crippen LogP contribution >= 0.6 is 0 Å². The average molecular weight is 346 g/mol. The number of morpholine rings is 1. The molecule has 23 heavy (non-hydrogen) atoms. The zero-order chi connectivity index (χ0) is 16.8. The van der Waals surface area contributed by atoms with E-state index < -0.39 is 26.6 Å². The Morgan fingerprint density at radius 2 is 1.96 bits per heavy atom. The van der Waals surface area contributed by atoms with E-state index in [9.17, 15) is 17.2 Å². The van der Waals surface area contributed by atoms with Crippen molar-refractivity contribution in [1.82, 2.24) is 9.21 Å². The number of rotatable bonds is 2. The molecule has 5 nitrogen and oxygen atoms in total. The van der Waals surface area contributed by atoms with Gasteiger partial charge in [-0.15, -0.1) is 0 Å². The van der Waals surface area contributed by atoms with Crippen LogP contribution in [0.2, 0.25) is 0 Å². The van der Waals surface area contributed by atoms with Crippen molar-refractivity contribution < 1.29 is 21.9 Å². The SMILES string of the molecule is Cc1cc(F)c(S(=O)(=O)N2CCOC3CCN(C)CC32)cc1F. The van der Waals surface area contributed by atoms with Crippen LogP contribution in [0.25, 0.3) is 0 Å². The Labute approximate surface area is 134 Å². The highest BCUT2D eigenvalue weighted by atomic mass is 32.2. The van der Waals surface area contributed by atoms with Gasteiger partial charge in [0.1, 0.15) is 16.5 Å². The number of hydrogen-bond donors (Lipinski definition) is 0. The summed E-state index contributed by atoms with van der Waals surface area (Å²) >= 11 is 0. The molecule has 0 spiro atoms. The van der Waals surface area contributed by atoms with Gasteiger partial charge in [0.15, 0.2) is 0 Å². The maximum absolute atomic E-state index is 14.2. The van der Waals surface area contributed by atoms with Crippen LogP contribution in [-0.2, 0) is 14.8 Å². The molecule has 128 valence electrons. The highest BCUT2D eigenvalue weighted by molar-refractivity contribution is 7.89. The van der Waals surface area contributed by atoms with Gasteiger partial charge in [0.25, 0.3) is 0 Å². The first-order valence-corrected chi connectivity index (χ1v) is 9.02. The fraction of sp³-hybridized carbons (Fsp3) is 0.600. The summed E-state index contributed by atoms with van der Waals surface area (Å²) in [5.74, 6) is -1.65. The predicted molar refractivity (Wildman–Crippen MR) is 80.6 cm³/mol. The van der Waals surface area contributed by atoms with Crippen molar-refractivity contribution >= 4 is 10.0 Å². The zero-order valence-corrected chi connectivity index (χ0v) is 13.9. The van der Waals surface area contributed by atoms with Gasteiger partial charge in [0.2, 0.25) is 10.0 Å².